The Labute approximate surface area is 145 Å². The first-order chi connectivity index (χ1) is 9.92. The van der Waals surface area contributed by atoms with Gasteiger partial charge in [-0.05, 0) is 45.8 Å². The van der Waals surface area contributed by atoms with Crippen LogP contribution < -0.4 is 10.1 Å². The summed E-state index contributed by atoms with van der Waals surface area (Å²) in [6.45, 7) is 0.479. The molecule has 0 radical (unpaired) electrons. The molecule has 2 N–H and O–H groups in total. The van der Waals surface area contributed by atoms with Gasteiger partial charge in [0.05, 0.1) is 32.3 Å². The standard InChI is InChI=1S/C14H11BrCl3NO2/c1-21-13-3-7(2-8(15)14(13)20)6-19-12-5-10(17)9(16)4-11(12)18/h2-5,19-20H,6H2,1H3. The van der Waals surface area contributed by atoms with Gasteiger partial charge in [-0.15, -0.1) is 0 Å². The molecular weight excluding hydrogens is 400 g/mol. The van der Waals surface area contributed by atoms with Crippen molar-refractivity contribution in [2.45, 2.75) is 6.54 Å². The molecule has 21 heavy (non-hydrogen) atoms. The largest absolute Gasteiger partial charge is 0.503 e. The number of halogens is 4. The molecule has 3 nitrogen and oxygen atoms in total. The van der Waals surface area contributed by atoms with E-state index in [0.717, 1.165) is 5.56 Å². The lowest BCUT2D eigenvalue weighted by atomic mass is 10.2. The van der Waals surface area contributed by atoms with Crippen LogP contribution in [0, 0.1) is 0 Å². The maximum absolute atomic E-state index is 9.77. The number of phenols is 1. The van der Waals surface area contributed by atoms with Crippen molar-refractivity contribution in [2.24, 2.45) is 0 Å². The van der Waals surface area contributed by atoms with E-state index in [1.165, 1.54) is 7.11 Å². The van der Waals surface area contributed by atoms with Crippen LogP contribution in [0.25, 0.3) is 0 Å². The Morgan fingerprint density at radius 2 is 1.76 bits per heavy atom. The summed E-state index contributed by atoms with van der Waals surface area (Å²) in [4.78, 5) is 0. The van der Waals surface area contributed by atoms with Gasteiger partial charge in [-0.2, -0.15) is 0 Å². The fourth-order valence-electron chi connectivity index (χ4n) is 1.74. The monoisotopic (exact) mass is 409 g/mol. The molecule has 0 fully saturated rings. The molecule has 0 aromatic heterocycles. The molecule has 0 bridgehead atoms. The zero-order valence-corrected chi connectivity index (χ0v) is 14.7. The van der Waals surface area contributed by atoms with Crippen molar-refractivity contribution in [1.82, 2.24) is 0 Å². The molecule has 0 heterocycles. The van der Waals surface area contributed by atoms with Crippen LogP contribution in [0.2, 0.25) is 15.1 Å². The molecule has 0 aliphatic carbocycles. The van der Waals surface area contributed by atoms with Crippen LogP contribution in [0.4, 0.5) is 5.69 Å². The van der Waals surface area contributed by atoms with Crippen LogP contribution in [-0.2, 0) is 6.54 Å². The third kappa shape index (κ3) is 3.89. The van der Waals surface area contributed by atoms with Crippen molar-refractivity contribution in [3.05, 3.63) is 49.4 Å². The molecule has 0 saturated heterocycles. The zero-order chi connectivity index (χ0) is 15.6. The molecule has 2 rings (SSSR count). The normalized spacial score (nSPS) is 10.5. The molecular formula is C14H11BrCl3NO2. The van der Waals surface area contributed by atoms with E-state index >= 15 is 0 Å². The molecule has 0 spiro atoms. The minimum Gasteiger partial charge on any atom is -0.503 e. The van der Waals surface area contributed by atoms with Gasteiger partial charge in [-0.25, -0.2) is 0 Å². The number of methoxy groups -OCH3 is 1. The molecule has 0 aliphatic rings. The second-order valence-electron chi connectivity index (χ2n) is 4.23. The van der Waals surface area contributed by atoms with E-state index in [1.54, 1.807) is 24.3 Å². The number of nitrogens with one attached hydrogen (secondary N) is 1. The predicted octanol–water partition coefficient (Wildman–Crippen LogP) is 5.74. The highest BCUT2D eigenvalue weighted by Gasteiger charge is 2.10. The molecule has 7 heteroatoms. The van der Waals surface area contributed by atoms with Gasteiger partial charge in [0.15, 0.2) is 11.5 Å². The van der Waals surface area contributed by atoms with Crippen molar-refractivity contribution in [3.63, 3.8) is 0 Å². The highest BCUT2D eigenvalue weighted by Crippen LogP contribution is 2.36. The maximum Gasteiger partial charge on any atom is 0.172 e. The summed E-state index contributed by atoms with van der Waals surface area (Å²) in [5, 5.41) is 14.2. The van der Waals surface area contributed by atoms with Gasteiger partial charge in [0.2, 0.25) is 0 Å². The number of benzene rings is 2. The van der Waals surface area contributed by atoms with Gasteiger partial charge in [0.25, 0.3) is 0 Å². The van der Waals surface area contributed by atoms with E-state index in [0.29, 0.717) is 37.5 Å². The summed E-state index contributed by atoms with van der Waals surface area (Å²) < 4.78 is 5.66. The molecule has 0 unspecified atom stereocenters. The van der Waals surface area contributed by atoms with E-state index in [-0.39, 0.29) is 5.75 Å². The second kappa shape index (κ2) is 6.97. The number of hydrogen-bond donors (Lipinski definition) is 2. The number of ether oxygens (including phenoxy) is 1. The van der Waals surface area contributed by atoms with Gasteiger partial charge in [-0.1, -0.05) is 34.8 Å². The van der Waals surface area contributed by atoms with E-state index in [2.05, 4.69) is 21.2 Å². The van der Waals surface area contributed by atoms with E-state index in [4.69, 9.17) is 39.5 Å². The summed E-state index contributed by atoms with van der Waals surface area (Å²) in [5.74, 6) is 0.454. The van der Waals surface area contributed by atoms with E-state index < -0.39 is 0 Å². The average Bonchev–Trinajstić information content (AvgIpc) is 2.44. The average molecular weight is 412 g/mol. The number of anilines is 1. The molecule has 2 aromatic carbocycles. The lowest BCUT2D eigenvalue weighted by molar-refractivity contribution is 0.371. The molecule has 0 aliphatic heterocycles. The lowest BCUT2D eigenvalue weighted by Crippen LogP contribution is -2.01. The first-order valence-electron chi connectivity index (χ1n) is 5.86. The second-order valence-corrected chi connectivity index (χ2v) is 6.30. The fraction of sp³-hybridized carbons (Fsp3) is 0.143. The van der Waals surface area contributed by atoms with Crippen LogP contribution in [0.15, 0.2) is 28.7 Å². The Morgan fingerprint density at radius 1 is 1.10 bits per heavy atom. The number of phenolic OH excluding ortho intramolecular Hbond substituents is 1. The Hall–Kier alpha value is -0.810. The zero-order valence-electron chi connectivity index (χ0n) is 10.9. The summed E-state index contributed by atoms with van der Waals surface area (Å²) in [6.07, 6.45) is 0. The Morgan fingerprint density at radius 3 is 2.43 bits per heavy atom. The number of rotatable bonds is 4. The third-order valence-corrected chi connectivity index (χ3v) is 4.44. The highest BCUT2D eigenvalue weighted by atomic mass is 79.9. The Kier molecular flexibility index (Phi) is 5.49. The maximum atomic E-state index is 9.77. The summed E-state index contributed by atoms with van der Waals surface area (Å²) in [7, 11) is 1.49. The molecule has 0 atom stereocenters. The minimum absolute atomic E-state index is 0.0637. The van der Waals surface area contributed by atoms with Crippen molar-refractivity contribution in [2.75, 3.05) is 12.4 Å². The molecule has 0 amide bonds. The van der Waals surface area contributed by atoms with Crippen molar-refractivity contribution in [1.29, 1.82) is 0 Å². The Bertz CT molecular complexity index is 680. The summed E-state index contributed by atoms with van der Waals surface area (Å²) in [5.41, 5.74) is 1.58. The van der Waals surface area contributed by atoms with Gasteiger partial charge in [-0.3, -0.25) is 0 Å². The van der Waals surface area contributed by atoms with Crippen LogP contribution in [0.3, 0.4) is 0 Å². The van der Waals surface area contributed by atoms with Crippen molar-refractivity contribution >= 4 is 56.4 Å². The fourth-order valence-corrected chi connectivity index (χ4v) is 2.84. The third-order valence-electron chi connectivity index (χ3n) is 2.80. The molecule has 2 aromatic rings. The van der Waals surface area contributed by atoms with Crippen molar-refractivity contribution in [3.8, 4) is 11.5 Å². The summed E-state index contributed by atoms with van der Waals surface area (Å²) in [6, 6.07) is 6.77. The Balaban J connectivity index is 2.21. The van der Waals surface area contributed by atoms with Crippen LogP contribution >= 0.6 is 50.7 Å². The molecule has 112 valence electrons. The van der Waals surface area contributed by atoms with Gasteiger partial charge in [0.1, 0.15) is 0 Å². The summed E-state index contributed by atoms with van der Waals surface area (Å²) >= 11 is 21.2. The minimum atomic E-state index is 0.0637. The first kappa shape index (κ1) is 16.6. The van der Waals surface area contributed by atoms with Crippen LogP contribution in [0.1, 0.15) is 5.56 Å². The van der Waals surface area contributed by atoms with E-state index in [1.807, 2.05) is 0 Å². The smallest absolute Gasteiger partial charge is 0.172 e. The van der Waals surface area contributed by atoms with Gasteiger partial charge in [0, 0.05) is 6.54 Å². The lowest BCUT2D eigenvalue weighted by Gasteiger charge is -2.12. The van der Waals surface area contributed by atoms with Crippen LogP contribution in [0.5, 0.6) is 11.5 Å². The first-order valence-corrected chi connectivity index (χ1v) is 7.79. The van der Waals surface area contributed by atoms with Gasteiger partial charge >= 0.3 is 0 Å². The van der Waals surface area contributed by atoms with Gasteiger partial charge < -0.3 is 15.2 Å². The number of aromatic hydroxyl groups is 1. The quantitative estimate of drug-likeness (QED) is 0.631. The topological polar surface area (TPSA) is 41.5 Å². The highest BCUT2D eigenvalue weighted by molar-refractivity contribution is 9.10. The predicted molar refractivity (Wildman–Crippen MR) is 91.2 cm³/mol. The number of hydrogen-bond acceptors (Lipinski definition) is 3. The molecule has 0 saturated carbocycles. The van der Waals surface area contributed by atoms with Crippen LogP contribution in [-0.4, -0.2) is 12.2 Å². The van der Waals surface area contributed by atoms with Crippen molar-refractivity contribution < 1.29 is 9.84 Å². The van der Waals surface area contributed by atoms with E-state index in [9.17, 15) is 5.11 Å². The SMILES string of the molecule is COc1cc(CNc2cc(Cl)c(Cl)cc2Cl)cc(Br)c1O.